The number of carbonyl (C=O) groups is 1. The van der Waals surface area contributed by atoms with Crippen LogP contribution in [0.1, 0.15) is 10.4 Å². The zero-order valence-electron chi connectivity index (χ0n) is 11.3. The van der Waals surface area contributed by atoms with Crippen molar-refractivity contribution in [2.24, 2.45) is 0 Å². The van der Waals surface area contributed by atoms with Crippen molar-refractivity contribution in [3.63, 3.8) is 0 Å². The SMILES string of the molecule is O=C(Nc1ccccc1-n1ccnc1)c1ccc(F)cc1Cl. The van der Waals surface area contributed by atoms with E-state index in [1.807, 2.05) is 18.2 Å². The first-order valence-electron chi connectivity index (χ1n) is 6.49. The van der Waals surface area contributed by atoms with Gasteiger partial charge in [-0.15, -0.1) is 0 Å². The van der Waals surface area contributed by atoms with E-state index >= 15 is 0 Å². The molecule has 1 heterocycles. The molecule has 0 spiro atoms. The number of rotatable bonds is 3. The highest BCUT2D eigenvalue weighted by Gasteiger charge is 2.13. The largest absolute Gasteiger partial charge is 0.320 e. The van der Waals surface area contributed by atoms with Crippen LogP contribution in [0, 0.1) is 5.82 Å². The van der Waals surface area contributed by atoms with Gasteiger partial charge in [-0.1, -0.05) is 23.7 Å². The summed E-state index contributed by atoms with van der Waals surface area (Å²) in [7, 11) is 0. The Bertz CT molecular complexity index is 818. The van der Waals surface area contributed by atoms with Gasteiger partial charge < -0.3 is 9.88 Å². The predicted molar refractivity (Wildman–Crippen MR) is 82.9 cm³/mol. The highest BCUT2D eigenvalue weighted by atomic mass is 35.5. The first-order chi connectivity index (χ1) is 10.6. The molecule has 0 saturated heterocycles. The first kappa shape index (κ1) is 14.3. The number of nitrogens with zero attached hydrogens (tertiary/aromatic N) is 2. The minimum absolute atomic E-state index is 0.0672. The topological polar surface area (TPSA) is 46.9 Å². The number of imidazole rings is 1. The van der Waals surface area contributed by atoms with E-state index < -0.39 is 11.7 Å². The van der Waals surface area contributed by atoms with E-state index in [1.54, 1.807) is 29.4 Å². The van der Waals surface area contributed by atoms with E-state index in [2.05, 4.69) is 10.3 Å². The standard InChI is InChI=1S/C16H11ClFN3O/c17-13-9-11(18)5-6-12(13)16(22)20-14-3-1-2-4-15(14)21-8-7-19-10-21/h1-10H,(H,20,22). The van der Waals surface area contributed by atoms with Crippen molar-refractivity contribution >= 4 is 23.2 Å². The Hall–Kier alpha value is -2.66. The fourth-order valence-corrected chi connectivity index (χ4v) is 2.32. The second-order valence-electron chi connectivity index (χ2n) is 4.57. The molecule has 0 aliphatic heterocycles. The average Bonchev–Trinajstić information content (AvgIpc) is 3.01. The van der Waals surface area contributed by atoms with Crippen LogP contribution in [-0.2, 0) is 0 Å². The van der Waals surface area contributed by atoms with E-state index in [9.17, 15) is 9.18 Å². The zero-order chi connectivity index (χ0) is 15.5. The summed E-state index contributed by atoms with van der Waals surface area (Å²) in [6.07, 6.45) is 5.06. The van der Waals surface area contributed by atoms with E-state index in [4.69, 9.17) is 11.6 Å². The molecule has 110 valence electrons. The Labute approximate surface area is 131 Å². The van der Waals surface area contributed by atoms with Crippen molar-refractivity contribution in [1.29, 1.82) is 0 Å². The maximum Gasteiger partial charge on any atom is 0.257 e. The van der Waals surface area contributed by atoms with Crippen LogP contribution in [0.25, 0.3) is 5.69 Å². The van der Waals surface area contributed by atoms with Crippen LogP contribution < -0.4 is 5.32 Å². The average molecular weight is 316 g/mol. The highest BCUT2D eigenvalue weighted by molar-refractivity contribution is 6.34. The molecule has 0 saturated carbocycles. The third-order valence-corrected chi connectivity index (χ3v) is 3.42. The molecule has 0 bridgehead atoms. The van der Waals surface area contributed by atoms with Gasteiger partial charge in [0.1, 0.15) is 5.82 Å². The van der Waals surface area contributed by atoms with Crippen LogP contribution >= 0.6 is 11.6 Å². The summed E-state index contributed by atoms with van der Waals surface area (Å²) in [4.78, 5) is 16.3. The number of hydrogen-bond donors (Lipinski definition) is 1. The summed E-state index contributed by atoms with van der Waals surface area (Å²) in [6.45, 7) is 0. The van der Waals surface area contributed by atoms with Gasteiger partial charge in [0.2, 0.25) is 0 Å². The lowest BCUT2D eigenvalue weighted by Crippen LogP contribution is -2.14. The summed E-state index contributed by atoms with van der Waals surface area (Å²) in [6, 6.07) is 10.9. The summed E-state index contributed by atoms with van der Waals surface area (Å²) < 4.78 is 14.8. The second kappa shape index (κ2) is 5.99. The lowest BCUT2D eigenvalue weighted by atomic mass is 10.2. The molecule has 1 N–H and O–H groups in total. The van der Waals surface area contributed by atoms with E-state index in [1.165, 1.54) is 12.1 Å². The number of hydrogen-bond acceptors (Lipinski definition) is 2. The highest BCUT2D eigenvalue weighted by Crippen LogP contribution is 2.23. The molecule has 0 radical (unpaired) electrons. The van der Waals surface area contributed by atoms with E-state index in [-0.39, 0.29) is 10.6 Å². The Morgan fingerprint density at radius 1 is 1.23 bits per heavy atom. The predicted octanol–water partition coefficient (Wildman–Crippen LogP) is 3.92. The maximum absolute atomic E-state index is 13.1. The molecule has 3 rings (SSSR count). The van der Waals surface area contributed by atoms with Crippen LogP contribution in [0.3, 0.4) is 0 Å². The van der Waals surface area contributed by atoms with Gasteiger partial charge in [0.25, 0.3) is 5.91 Å². The van der Waals surface area contributed by atoms with Crippen molar-refractivity contribution in [2.75, 3.05) is 5.32 Å². The van der Waals surface area contributed by atoms with Gasteiger partial charge >= 0.3 is 0 Å². The smallest absolute Gasteiger partial charge is 0.257 e. The summed E-state index contributed by atoms with van der Waals surface area (Å²) in [5, 5.41) is 2.85. The molecule has 4 nitrogen and oxygen atoms in total. The molecule has 0 aliphatic rings. The van der Waals surface area contributed by atoms with Gasteiger partial charge in [-0.05, 0) is 30.3 Å². The normalized spacial score (nSPS) is 10.5. The van der Waals surface area contributed by atoms with Crippen LogP contribution in [0.2, 0.25) is 5.02 Å². The van der Waals surface area contributed by atoms with Crippen molar-refractivity contribution in [1.82, 2.24) is 9.55 Å². The fourth-order valence-electron chi connectivity index (χ4n) is 2.07. The van der Waals surface area contributed by atoms with Crippen molar-refractivity contribution in [3.05, 3.63) is 77.6 Å². The van der Waals surface area contributed by atoms with Crippen LogP contribution in [0.4, 0.5) is 10.1 Å². The first-order valence-corrected chi connectivity index (χ1v) is 6.87. The van der Waals surface area contributed by atoms with Gasteiger partial charge in [-0.25, -0.2) is 9.37 Å². The molecule has 0 fully saturated rings. The summed E-state index contributed by atoms with van der Waals surface area (Å²) >= 11 is 5.91. The van der Waals surface area contributed by atoms with Crippen LogP contribution in [0.5, 0.6) is 0 Å². The Balaban J connectivity index is 1.92. The molecule has 0 unspecified atom stereocenters. The van der Waals surface area contributed by atoms with Gasteiger partial charge in [-0.3, -0.25) is 4.79 Å². The molecule has 6 heteroatoms. The Morgan fingerprint density at radius 3 is 2.77 bits per heavy atom. The lowest BCUT2D eigenvalue weighted by Gasteiger charge is -2.12. The molecule has 0 atom stereocenters. The number of halogens is 2. The molecular weight excluding hydrogens is 305 g/mol. The fraction of sp³-hybridized carbons (Fsp3) is 0. The zero-order valence-corrected chi connectivity index (χ0v) is 12.1. The second-order valence-corrected chi connectivity index (χ2v) is 4.97. The third kappa shape index (κ3) is 2.84. The van der Waals surface area contributed by atoms with Gasteiger partial charge in [0, 0.05) is 12.4 Å². The molecule has 3 aromatic rings. The Morgan fingerprint density at radius 2 is 2.05 bits per heavy atom. The molecular formula is C16H11ClFN3O. The number of para-hydroxylation sites is 2. The molecule has 22 heavy (non-hydrogen) atoms. The number of carbonyl (C=O) groups excluding carboxylic acids is 1. The number of anilines is 1. The van der Waals surface area contributed by atoms with Crippen LogP contribution in [0.15, 0.2) is 61.2 Å². The van der Waals surface area contributed by atoms with Gasteiger partial charge in [0.05, 0.1) is 28.3 Å². The Kier molecular flexibility index (Phi) is 3.89. The minimum Gasteiger partial charge on any atom is -0.320 e. The number of amides is 1. The number of nitrogens with one attached hydrogen (secondary N) is 1. The summed E-state index contributed by atoms with van der Waals surface area (Å²) in [5.41, 5.74) is 1.58. The third-order valence-electron chi connectivity index (χ3n) is 3.11. The molecule has 2 aromatic carbocycles. The van der Waals surface area contributed by atoms with E-state index in [0.717, 1.165) is 11.8 Å². The monoisotopic (exact) mass is 315 g/mol. The van der Waals surface area contributed by atoms with Gasteiger partial charge in [-0.2, -0.15) is 0 Å². The van der Waals surface area contributed by atoms with Crippen molar-refractivity contribution < 1.29 is 9.18 Å². The summed E-state index contributed by atoms with van der Waals surface area (Å²) in [5.74, 6) is -0.891. The molecule has 1 aromatic heterocycles. The molecule has 0 aliphatic carbocycles. The van der Waals surface area contributed by atoms with E-state index in [0.29, 0.717) is 5.69 Å². The molecule has 1 amide bonds. The minimum atomic E-state index is -0.486. The lowest BCUT2D eigenvalue weighted by molar-refractivity contribution is 0.102. The van der Waals surface area contributed by atoms with Crippen LogP contribution in [-0.4, -0.2) is 15.5 Å². The van der Waals surface area contributed by atoms with Crippen molar-refractivity contribution in [2.45, 2.75) is 0 Å². The maximum atomic E-state index is 13.1. The number of benzene rings is 2. The van der Waals surface area contributed by atoms with Crippen molar-refractivity contribution in [3.8, 4) is 5.69 Å². The quantitative estimate of drug-likeness (QED) is 0.796. The van der Waals surface area contributed by atoms with Gasteiger partial charge in [0.15, 0.2) is 0 Å². The number of aromatic nitrogens is 2.